The predicted molar refractivity (Wildman–Crippen MR) is 235 cm³/mol. The standard InChI is InChI=1S/C47H52N6O7Si/c1-31-44(61(4,5)36-21-19-35(58-2)20-22-36)42(24-26-51-29-40(49-50-51)38(30-54)32-13-7-6-8-14-32)60-47(31)39-27-34(53-45(56)37-16-10-9-15-33(37)28-48-53)18-23-41(39)52(46(47)57)25-12-11-17-43(55)59-3/h6-10,13-16,18-23,27-29,31,38,42,44,54H,11-12,17,24-26,30H2,1-5H3/t31-,38?,42+,44-,47+/m0/s1. The van der Waals surface area contributed by atoms with Crippen LogP contribution in [0.5, 0.6) is 5.75 Å². The largest absolute Gasteiger partial charge is 0.497 e. The zero-order chi connectivity index (χ0) is 42.9. The van der Waals surface area contributed by atoms with Crippen LogP contribution in [0.1, 0.15) is 55.3 Å². The van der Waals surface area contributed by atoms with E-state index in [1.807, 2.05) is 85.1 Å². The Bertz CT molecular complexity index is 2600. The van der Waals surface area contributed by atoms with Gasteiger partial charge in [0.25, 0.3) is 11.5 Å². The average molecular weight is 841 g/mol. The molecule has 316 valence electrons. The number of esters is 1. The van der Waals surface area contributed by atoms with Crippen molar-refractivity contribution < 1.29 is 28.9 Å². The number of carbonyl (C=O) groups is 2. The summed E-state index contributed by atoms with van der Waals surface area (Å²) in [5, 5.41) is 26.4. The van der Waals surface area contributed by atoms with E-state index in [2.05, 4.69) is 47.6 Å². The van der Waals surface area contributed by atoms with Crippen molar-refractivity contribution in [3.63, 3.8) is 0 Å². The van der Waals surface area contributed by atoms with Gasteiger partial charge in [0.2, 0.25) is 0 Å². The van der Waals surface area contributed by atoms with Crippen molar-refractivity contribution in [2.45, 2.75) is 75.4 Å². The molecule has 1 spiro atoms. The lowest BCUT2D eigenvalue weighted by Gasteiger charge is -2.37. The number of carbonyl (C=O) groups excluding carboxylic acids is 2. The number of methoxy groups -OCH3 is 2. The van der Waals surface area contributed by atoms with Gasteiger partial charge < -0.3 is 24.2 Å². The molecule has 1 unspecified atom stereocenters. The Hall–Kier alpha value is -5.96. The number of aliphatic hydroxyl groups is 1. The Morgan fingerprint density at radius 2 is 1.70 bits per heavy atom. The number of ether oxygens (including phenoxy) is 3. The second-order valence-corrected chi connectivity index (χ2v) is 21.3. The lowest BCUT2D eigenvalue weighted by Crippen LogP contribution is -2.52. The third kappa shape index (κ3) is 7.57. The topological polar surface area (TPSA) is 151 Å². The van der Waals surface area contributed by atoms with Gasteiger partial charge in [-0.25, -0.2) is 0 Å². The molecule has 1 amide bonds. The van der Waals surface area contributed by atoms with E-state index in [1.165, 1.54) is 17.0 Å². The van der Waals surface area contributed by atoms with Gasteiger partial charge in [-0.2, -0.15) is 9.78 Å². The summed E-state index contributed by atoms with van der Waals surface area (Å²) in [5.74, 6) is -0.304. The van der Waals surface area contributed by atoms with Gasteiger partial charge in [-0.15, -0.1) is 5.10 Å². The Balaban J connectivity index is 1.20. The monoisotopic (exact) mass is 840 g/mol. The highest BCUT2D eigenvalue weighted by atomic mass is 28.3. The third-order valence-electron chi connectivity index (χ3n) is 12.9. The van der Waals surface area contributed by atoms with Gasteiger partial charge in [0, 0.05) is 42.6 Å². The molecule has 13 nitrogen and oxygen atoms in total. The smallest absolute Gasteiger partial charge is 0.305 e. The number of aryl methyl sites for hydroxylation is 1. The fraction of sp³-hybridized carbons (Fsp3) is 0.362. The number of unbranched alkanes of at least 4 members (excludes halogenated alkanes) is 1. The van der Waals surface area contributed by atoms with Crippen molar-refractivity contribution in [3.05, 3.63) is 137 Å². The summed E-state index contributed by atoms with van der Waals surface area (Å²) in [6.07, 6.45) is 5.09. The lowest BCUT2D eigenvalue weighted by atomic mass is 9.82. The summed E-state index contributed by atoms with van der Waals surface area (Å²) in [5.41, 5.74) is 1.86. The minimum atomic E-state index is -2.49. The van der Waals surface area contributed by atoms with Crippen LogP contribution >= 0.6 is 0 Å². The van der Waals surface area contributed by atoms with Crippen molar-refractivity contribution in [2.24, 2.45) is 5.92 Å². The van der Waals surface area contributed by atoms with E-state index < -0.39 is 13.7 Å². The lowest BCUT2D eigenvalue weighted by molar-refractivity contribution is -0.146. The van der Waals surface area contributed by atoms with Crippen LogP contribution in [0.15, 0.2) is 114 Å². The maximum absolute atomic E-state index is 15.4. The first kappa shape index (κ1) is 41.8. The molecule has 1 N–H and O–H groups in total. The molecule has 14 heteroatoms. The van der Waals surface area contributed by atoms with Crippen LogP contribution in [-0.2, 0) is 31.2 Å². The Labute approximate surface area is 355 Å². The highest BCUT2D eigenvalue weighted by Crippen LogP contribution is 2.60. The number of aliphatic hydroxyl groups excluding tert-OH is 1. The maximum Gasteiger partial charge on any atom is 0.305 e. The molecule has 6 aromatic rings. The van der Waals surface area contributed by atoms with Crippen molar-refractivity contribution in [1.29, 1.82) is 0 Å². The molecule has 0 saturated carbocycles. The summed E-state index contributed by atoms with van der Waals surface area (Å²) in [7, 11) is 0.542. The van der Waals surface area contributed by atoms with Gasteiger partial charge >= 0.3 is 5.97 Å². The van der Waals surface area contributed by atoms with Crippen LogP contribution in [0.2, 0.25) is 18.6 Å². The highest BCUT2D eigenvalue weighted by Gasteiger charge is 2.66. The molecule has 2 aliphatic rings. The van der Waals surface area contributed by atoms with Crippen LogP contribution < -0.4 is 20.4 Å². The Morgan fingerprint density at radius 1 is 0.951 bits per heavy atom. The molecule has 1 fully saturated rings. The zero-order valence-corrected chi connectivity index (χ0v) is 36.2. The van der Waals surface area contributed by atoms with E-state index in [0.29, 0.717) is 60.4 Å². The van der Waals surface area contributed by atoms with E-state index >= 15 is 4.79 Å². The van der Waals surface area contributed by atoms with Gasteiger partial charge in [-0.3, -0.25) is 19.1 Å². The fourth-order valence-corrected chi connectivity index (χ4v) is 13.8. The van der Waals surface area contributed by atoms with Gasteiger partial charge in [-0.1, -0.05) is 91.1 Å². The Morgan fingerprint density at radius 3 is 2.44 bits per heavy atom. The molecule has 1 saturated heterocycles. The van der Waals surface area contributed by atoms with Crippen LogP contribution in [-0.4, -0.2) is 83.3 Å². The van der Waals surface area contributed by atoms with Gasteiger partial charge in [-0.05, 0) is 66.8 Å². The molecule has 2 aliphatic heterocycles. The molecule has 0 aliphatic carbocycles. The van der Waals surface area contributed by atoms with Gasteiger partial charge in [0.1, 0.15) is 5.75 Å². The molecule has 0 radical (unpaired) electrons. The highest BCUT2D eigenvalue weighted by molar-refractivity contribution is 6.91. The second kappa shape index (κ2) is 17.2. The number of hydrogen-bond donors (Lipinski definition) is 1. The summed E-state index contributed by atoms with van der Waals surface area (Å²) >= 11 is 0. The molecule has 5 atom stereocenters. The number of hydrogen-bond acceptors (Lipinski definition) is 10. The van der Waals surface area contributed by atoms with Gasteiger partial charge in [0.15, 0.2) is 5.60 Å². The molecule has 0 bridgehead atoms. The van der Waals surface area contributed by atoms with Crippen molar-refractivity contribution in [2.75, 3.05) is 32.3 Å². The second-order valence-electron chi connectivity index (χ2n) is 16.6. The SMILES string of the molecule is COC(=O)CCCCN1C(=O)[C@]2(O[C@H](CCn3cc(C(CO)c4ccccc4)nn3)[C@@H]([Si](C)(C)c3ccc(OC)cc3)[C@@H]2C)c2cc(-n3ncc4ccccc4c3=O)ccc21. The average Bonchev–Trinajstić information content (AvgIpc) is 3.94. The van der Waals surface area contributed by atoms with E-state index in [9.17, 15) is 14.7 Å². The van der Waals surface area contributed by atoms with E-state index in [-0.39, 0.29) is 53.9 Å². The normalized spacial score (nSPS) is 20.3. The number of aromatic nitrogens is 5. The predicted octanol–water partition coefficient (Wildman–Crippen LogP) is 6.11. The van der Waals surface area contributed by atoms with Crippen LogP contribution in [0.4, 0.5) is 5.69 Å². The molecular formula is C47H52N6O7Si. The van der Waals surface area contributed by atoms with Crippen LogP contribution in [0.25, 0.3) is 16.5 Å². The first-order chi connectivity index (χ1) is 29.5. The maximum atomic E-state index is 15.4. The van der Waals surface area contributed by atoms with E-state index in [4.69, 9.17) is 14.2 Å². The number of fused-ring (bicyclic) bond motifs is 3. The molecule has 4 heterocycles. The molecule has 2 aromatic heterocycles. The third-order valence-corrected chi connectivity index (χ3v) is 17.3. The Kier molecular flexibility index (Phi) is 11.8. The summed E-state index contributed by atoms with van der Waals surface area (Å²) in [6, 6.07) is 31.0. The van der Waals surface area contributed by atoms with E-state index in [0.717, 1.165) is 16.7 Å². The summed E-state index contributed by atoms with van der Waals surface area (Å²) in [6.45, 7) is 7.54. The molecule has 4 aromatic carbocycles. The van der Waals surface area contributed by atoms with Gasteiger partial charge in [0.05, 0.1) is 69.6 Å². The quantitative estimate of drug-likeness (QED) is 0.0730. The van der Waals surface area contributed by atoms with Crippen molar-refractivity contribution >= 4 is 41.6 Å². The van der Waals surface area contributed by atoms with Crippen molar-refractivity contribution in [1.82, 2.24) is 24.8 Å². The van der Waals surface area contributed by atoms with Crippen LogP contribution in [0.3, 0.4) is 0 Å². The first-order valence-corrected chi connectivity index (χ1v) is 24.0. The minimum Gasteiger partial charge on any atom is -0.497 e. The molecule has 8 rings (SSSR count). The number of rotatable bonds is 15. The summed E-state index contributed by atoms with van der Waals surface area (Å²) < 4.78 is 21.0. The number of amides is 1. The fourth-order valence-electron chi connectivity index (χ4n) is 9.74. The zero-order valence-electron chi connectivity index (χ0n) is 35.2. The molecular weight excluding hydrogens is 789 g/mol. The van der Waals surface area contributed by atoms with E-state index in [1.54, 1.807) is 29.0 Å². The van der Waals surface area contributed by atoms with Crippen LogP contribution in [0, 0.1) is 5.92 Å². The number of anilines is 1. The molecule has 61 heavy (non-hydrogen) atoms. The number of nitrogens with zero attached hydrogens (tertiary/aromatic N) is 6. The minimum absolute atomic E-state index is 0.0559. The summed E-state index contributed by atoms with van der Waals surface area (Å²) in [4.78, 5) is 43.1. The first-order valence-electron chi connectivity index (χ1n) is 20.9. The van der Waals surface area contributed by atoms with Crippen molar-refractivity contribution in [3.8, 4) is 11.4 Å². The number of benzene rings is 4.